The first-order valence-electron chi connectivity index (χ1n) is 5.83. The number of imidazole rings is 1. The third kappa shape index (κ3) is 3.01. The molecule has 2 heterocycles. The van der Waals surface area contributed by atoms with Crippen LogP contribution < -0.4 is 0 Å². The van der Waals surface area contributed by atoms with Gasteiger partial charge < -0.3 is 5.11 Å². The van der Waals surface area contributed by atoms with Crippen LogP contribution >= 0.6 is 0 Å². The third-order valence-electron chi connectivity index (χ3n) is 3.29. The Labute approximate surface area is 98.9 Å². The van der Waals surface area contributed by atoms with E-state index in [0.717, 1.165) is 30.5 Å². The largest absolute Gasteiger partial charge is 0.396 e. The molecule has 6 heteroatoms. The second-order valence-electron chi connectivity index (χ2n) is 4.43. The van der Waals surface area contributed by atoms with Crippen LogP contribution in [0.3, 0.4) is 0 Å². The molecule has 0 aliphatic carbocycles. The van der Waals surface area contributed by atoms with Gasteiger partial charge in [0.05, 0.1) is 6.54 Å². The van der Waals surface area contributed by atoms with Crippen molar-refractivity contribution >= 4 is 0 Å². The predicted molar refractivity (Wildman–Crippen MR) is 58.6 cm³/mol. The van der Waals surface area contributed by atoms with Crippen LogP contribution in [0, 0.1) is 5.92 Å². The number of piperidine rings is 1. The van der Waals surface area contributed by atoms with Gasteiger partial charge in [-0.2, -0.15) is 8.78 Å². The lowest BCUT2D eigenvalue weighted by Crippen LogP contribution is -2.35. The molecule has 1 saturated heterocycles. The van der Waals surface area contributed by atoms with Crippen LogP contribution in [0.15, 0.2) is 12.4 Å². The van der Waals surface area contributed by atoms with Gasteiger partial charge in [-0.05, 0) is 31.8 Å². The number of rotatable bonds is 4. The first kappa shape index (κ1) is 12.4. The maximum atomic E-state index is 12.6. The molecule has 0 atom stereocenters. The molecule has 0 saturated carbocycles. The Kier molecular flexibility index (Phi) is 4.06. The molecule has 0 unspecified atom stereocenters. The molecule has 0 bridgehead atoms. The Bertz CT molecular complexity index is 348. The van der Waals surface area contributed by atoms with E-state index >= 15 is 0 Å². The molecular weight excluding hydrogens is 228 g/mol. The van der Waals surface area contributed by atoms with E-state index in [1.165, 1.54) is 12.4 Å². The van der Waals surface area contributed by atoms with Gasteiger partial charge in [-0.1, -0.05) is 0 Å². The monoisotopic (exact) mass is 245 g/mol. The molecule has 0 radical (unpaired) electrons. The molecule has 1 fully saturated rings. The van der Waals surface area contributed by atoms with Gasteiger partial charge in [0.15, 0.2) is 0 Å². The van der Waals surface area contributed by atoms with Crippen molar-refractivity contribution in [2.45, 2.75) is 25.9 Å². The van der Waals surface area contributed by atoms with Gasteiger partial charge in [0.25, 0.3) is 0 Å². The zero-order chi connectivity index (χ0) is 12.3. The molecule has 0 spiro atoms. The summed E-state index contributed by atoms with van der Waals surface area (Å²) < 4.78 is 26.1. The molecule has 1 aliphatic heterocycles. The molecular formula is C11H17F2N3O. The van der Waals surface area contributed by atoms with Crippen LogP contribution in [0.1, 0.15) is 25.2 Å². The van der Waals surface area contributed by atoms with Gasteiger partial charge in [0.2, 0.25) is 0 Å². The van der Waals surface area contributed by atoms with Crippen molar-refractivity contribution in [3.63, 3.8) is 0 Å². The summed E-state index contributed by atoms with van der Waals surface area (Å²) in [6.07, 6.45) is 4.56. The standard InChI is InChI=1S/C11H17F2N3O/c12-11(13)16-6-3-14-10(16)7-15-4-1-9(8-17)2-5-15/h3,6,9,11,17H,1-2,4-5,7-8H2. The first-order chi connectivity index (χ1) is 8.20. The smallest absolute Gasteiger partial charge is 0.319 e. The van der Waals surface area contributed by atoms with Crippen molar-refractivity contribution < 1.29 is 13.9 Å². The molecule has 1 aromatic heterocycles. The van der Waals surface area contributed by atoms with E-state index < -0.39 is 6.55 Å². The fourth-order valence-electron chi connectivity index (χ4n) is 2.17. The molecule has 17 heavy (non-hydrogen) atoms. The van der Waals surface area contributed by atoms with Crippen molar-refractivity contribution in [3.8, 4) is 0 Å². The van der Waals surface area contributed by atoms with Gasteiger partial charge >= 0.3 is 6.55 Å². The predicted octanol–water partition coefficient (Wildman–Crippen LogP) is 1.48. The summed E-state index contributed by atoms with van der Waals surface area (Å²) in [6.45, 7) is -0.181. The van der Waals surface area contributed by atoms with Gasteiger partial charge in [0, 0.05) is 19.0 Å². The SMILES string of the molecule is OCC1CCN(Cc2nccn2C(F)F)CC1. The lowest BCUT2D eigenvalue weighted by atomic mass is 9.98. The molecule has 1 aromatic rings. The quantitative estimate of drug-likeness (QED) is 0.873. The van der Waals surface area contributed by atoms with E-state index in [1.807, 2.05) is 0 Å². The number of aliphatic hydroxyl groups is 1. The Hall–Kier alpha value is -1.01. The zero-order valence-electron chi connectivity index (χ0n) is 9.60. The maximum absolute atomic E-state index is 12.6. The fraction of sp³-hybridized carbons (Fsp3) is 0.727. The van der Waals surface area contributed by atoms with Crippen LogP contribution in [0.25, 0.3) is 0 Å². The number of likely N-dealkylation sites (tertiary alicyclic amines) is 1. The number of alkyl halides is 2. The topological polar surface area (TPSA) is 41.3 Å². The second kappa shape index (κ2) is 5.55. The van der Waals surface area contributed by atoms with Crippen LogP contribution in [0.4, 0.5) is 8.78 Å². The zero-order valence-corrected chi connectivity index (χ0v) is 9.60. The average Bonchev–Trinajstić information content (AvgIpc) is 2.78. The summed E-state index contributed by atoms with van der Waals surface area (Å²) in [7, 11) is 0. The number of hydrogen-bond acceptors (Lipinski definition) is 3. The fourth-order valence-corrected chi connectivity index (χ4v) is 2.17. The van der Waals surface area contributed by atoms with E-state index in [0.29, 0.717) is 18.3 Å². The summed E-state index contributed by atoms with van der Waals surface area (Å²) in [6, 6.07) is 0. The Balaban J connectivity index is 1.91. The minimum Gasteiger partial charge on any atom is -0.396 e. The number of halogens is 2. The summed E-state index contributed by atoms with van der Waals surface area (Å²) in [5.74, 6) is 0.767. The Morgan fingerprint density at radius 1 is 1.41 bits per heavy atom. The Morgan fingerprint density at radius 2 is 2.12 bits per heavy atom. The highest BCUT2D eigenvalue weighted by Crippen LogP contribution is 2.19. The highest BCUT2D eigenvalue weighted by Gasteiger charge is 2.20. The summed E-state index contributed by atoms with van der Waals surface area (Å²) >= 11 is 0. The molecule has 1 aliphatic rings. The van der Waals surface area contributed by atoms with E-state index in [2.05, 4.69) is 9.88 Å². The Morgan fingerprint density at radius 3 is 2.71 bits per heavy atom. The highest BCUT2D eigenvalue weighted by molar-refractivity contribution is 4.93. The van der Waals surface area contributed by atoms with Crippen LogP contribution in [-0.4, -0.2) is 39.3 Å². The number of aliphatic hydroxyl groups excluding tert-OH is 1. The van der Waals surface area contributed by atoms with E-state index in [1.54, 1.807) is 0 Å². The summed E-state index contributed by atoms with van der Waals surface area (Å²) in [5, 5.41) is 9.02. The molecule has 0 aromatic carbocycles. The van der Waals surface area contributed by atoms with Crippen molar-refractivity contribution in [2.75, 3.05) is 19.7 Å². The summed E-state index contributed by atoms with van der Waals surface area (Å²) in [5.41, 5.74) is 0. The van der Waals surface area contributed by atoms with Crippen molar-refractivity contribution in [1.29, 1.82) is 0 Å². The highest BCUT2D eigenvalue weighted by atomic mass is 19.3. The number of nitrogens with zero attached hydrogens (tertiary/aromatic N) is 3. The molecule has 0 amide bonds. The van der Waals surface area contributed by atoms with Crippen molar-refractivity contribution in [1.82, 2.24) is 14.5 Å². The molecule has 2 rings (SSSR count). The van der Waals surface area contributed by atoms with E-state index in [-0.39, 0.29) is 6.61 Å². The third-order valence-corrected chi connectivity index (χ3v) is 3.29. The van der Waals surface area contributed by atoms with Crippen LogP contribution in [-0.2, 0) is 6.54 Å². The lowest BCUT2D eigenvalue weighted by Gasteiger charge is -2.30. The number of aromatic nitrogens is 2. The minimum absolute atomic E-state index is 0.222. The van der Waals surface area contributed by atoms with E-state index in [9.17, 15) is 8.78 Å². The van der Waals surface area contributed by atoms with Crippen molar-refractivity contribution in [2.24, 2.45) is 5.92 Å². The normalized spacial score (nSPS) is 19.1. The number of hydrogen-bond donors (Lipinski definition) is 1. The lowest BCUT2D eigenvalue weighted by molar-refractivity contribution is 0.0612. The van der Waals surface area contributed by atoms with Gasteiger partial charge in [0.1, 0.15) is 5.82 Å². The maximum Gasteiger partial charge on any atom is 0.319 e. The second-order valence-corrected chi connectivity index (χ2v) is 4.43. The van der Waals surface area contributed by atoms with E-state index in [4.69, 9.17) is 5.11 Å². The summed E-state index contributed by atoms with van der Waals surface area (Å²) in [4.78, 5) is 6.07. The van der Waals surface area contributed by atoms with Gasteiger partial charge in [-0.15, -0.1) is 0 Å². The van der Waals surface area contributed by atoms with Crippen LogP contribution in [0.2, 0.25) is 0 Å². The minimum atomic E-state index is -2.53. The molecule has 1 N–H and O–H groups in total. The van der Waals surface area contributed by atoms with Crippen LogP contribution in [0.5, 0.6) is 0 Å². The van der Waals surface area contributed by atoms with Gasteiger partial charge in [-0.25, -0.2) is 4.98 Å². The van der Waals surface area contributed by atoms with Crippen molar-refractivity contribution in [3.05, 3.63) is 18.2 Å². The molecule has 96 valence electrons. The average molecular weight is 245 g/mol. The first-order valence-corrected chi connectivity index (χ1v) is 5.83. The van der Waals surface area contributed by atoms with Gasteiger partial charge in [-0.3, -0.25) is 9.47 Å². The molecule has 4 nitrogen and oxygen atoms in total.